The van der Waals surface area contributed by atoms with Gasteiger partial charge in [-0.3, -0.25) is 4.79 Å². The topological polar surface area (TPSA) is 88.9 Å². The summed E-state index contributed by atoms with van der Waals surface area (Å²) in [6, 6.07) is 4.16. The summed E-state index contributed by atoms with van der Waals surface area (Å²) in [6.45, 7) is 6.48. The molecule has 3 rings (SSSR count). The molecule has 0 saturated carbocycles. The van der Waals surface area contributed by atoms with Gasteiger partial charge in [0.15, 0.2) is 0 Å². The van der Waals surface area contributed by atoms with Gasteiger partial charge in [-0.25, -0.2) is 9.97 Å². The van der Waals surface area contributed by atoms with Crippen molar-refractivity contribution in [2.24, 2.45) is 5.92 Å². The van der Waals surface area contributed by atoms with Gasteiger partial charge in [-0.2, -0.15) is 5.26 Å². The van der Waals surface area contributed by atoms with Crippen LogP contribution in [0.1, 0.15) is 39.5 Å². The minimum absolute atomic E-state index is 0.0576. The molecule has 1 amide bonds. The summed E-state index contributed by atoms with van der Waals surface area (Å²) < 4.78 is 0. The number of piperidine rings is 1. The van der Waals surface area contributed by atoms with E-state index in [4.69, 9.17) is 5.26 Å². The fourth-order valence-corrected chi connectivity index (χ4v) is 3.92. The fourth-order valence-electron chi connectivity index (χ4n) is 3.92. The number of carbonyl (C=O) groups is 1. The third kappa shape index (κ3) is 4.33. The SMILES string of the molecule is C/C=C/CCCN(c1ncnc2[nH]ccc12)C1CN(C(=O)CC#N)CC[C@H]1C. The standard InChI is InChI=1S/C21H28N6O/c1-3-4-5-6-12-27(21-17-8-11-23-20(17)24-15-25-21)18-14-26(13-9-16(18)2)19(28)7-10-22/h3-4,8,11,15-16,18H,5-7,9,12-14H2,1-2H3,(H,23,24,25)/b4-3+/t16-,18?/m1/s1. The van der Waals surface area contributed by atoms with Crippen molar-refractivity contribution in [2.45, 2.75) is 45.6 Å². The lowest BCUT2D eigenvalue weighted by atomic mass is 9.91. The molecule has 7 heteroatoms. The molecule has 2 aromatic heterocycles. The van der Waals surface area contributed by atoms with E-state index in [1.807, 2.05) is 30.2 Å². The third-order valence-electron chi connectivity index (χ3n) is 5.51. The van der Waals surface area contributed by atoms with Gasteiger partial charge in [0.2, 0.25) is 5.91 Å². The number of likely N-dealkylation sites (tertiary alicyclic amines) is 1. The summed E-state index contributed by atoms with van der Waals surface area (Å²) in [4.78, 5) is 28.6. The lowest BCUT2D eigenvalue weighted by molar-refractivity contribution is -0.131. The lowest BCUT2D eigenvalue weighted by Gasteiger charge is -2.43. The Hall–Kier alpha value is -2.88. The number of aromatic nitrogens is 3. The van der Waals surface area contributed by atoms with Gasteiger partial charge in [0, 0.05) is 25.8 Å². The quantitative estimate of drug-likeness (QED) is 0.588. The number of nitrogens with one attached hydrogen (secondary N) is 1. The number of hydrogen-bond acceptors (Lipinski definition) is 5. The second-order valence-electron chi connectivity index (χ2n) is 7.35. The van der Waals surface area contributed by atoms with Gasteiger partial charge in [-0.1, -0.05) is 19.1 Å². The summed E-state index contributed by atoms with van der Waals surface area (Å²) in [5.41, 5.74) is 0.823. The predicted molar refractivity (Wildman–Crippen MR) is 110 cm³/mol. The highest BCUT2D eigenvalue weighted by Crippen LogP contribution is 2.30. The Morgan fingerprint density at radius 1 is 1.50 bits per heavy atom. The van der Waals surface area contributed by atoms with Crippen LogP contribution in [0.2, 0.25) is 0 Å². The normalized spacial score (nSPS) is 19.8. The van der Waals surface area contributed by atoms with Crippen molar-refractivity contribution in [3.8, 4) is 6.07 Å². The zero-order valence-corrected chi connectivity index (χ0v) is 16.6. The van der Waals surface area contributed by atoms with Gasteiger partial charge in [0.05, 0.1) is 17.5 Å². The molecule has 0 aromatic carbocycles. The van der Waals surface area contributed by atoms with E-state index in [0.29, 0.717) is 19.0 Å². The van der Waals surface area contributed by atoms with Gasteiger partial charge in [0.25, 0.3) is 0 Å². The van der Waals surface area contributed by atoms with Gasteiger partial charge < -0.3 is 14.8 Å². The summed E-state index contributed by atoms with van der Waals surface area (Å²) in [7, 11) is 0. The highest BCUT2D eigenvalue weighted by Gasteiger charge is 2.34. The van der Waals surface area contributed by atoms with Crippen molar-refractivity contribution in [3.05, 3.63) is 30.7 Å². The van der Waals surface area contributed by atoms with E-state index in [1.54, 1.807) is 6.33 Å². The molecule has 0 bridgehead atoms. The van der Waals surface area contributed by atoms with E-state index in [2.05, 4.69) is 38.9 Å². The van der Waals surface area contributed by atoms with Crippen LogP contribution in [0.15, 0.2) is 30.7 Å². The Kier molecular flexibility index (Phi) is 6.64. The van der Waals surface area contributed by atoms with Crippen molar-refractivity contribution < 1.29 is 4.79 Å². The molecule has 1 aliphatic heterocycles. The lowest BCUT2D eigenvalue weighted by Crippen LogP contribution is -2.54. The Balaban J connectivity index is 1.89. The molecule has 0 spiro atoms. The number of fused-ring (bicyclic) bond motifs is 1. The molecular formula is C21H28N6O. The van der Waals surface area contributed by atoms with Crippen molar-refractivity contribution >= 4 is 22.8 Å². The van der Waals surface area contributed by atoms with Crippen LogP contribution in [-0.4, -0.2) is 51.4 Å². The number of nitriles is 1. The number of H-pyrrole nitrogens is 1. The maximum atomic E-state index is 12.3. The molecule has 0 radical (unpaired) electrons. The van der Waals surface area contributed by atoms with Crippen LogP contribution in [-0.2, 0) is 4.79 Å². The average Bonchev–Trinajstić information content (AvgIpc) is 3.18. The van der Waals surface area contributed by atoms with Crippen molar-refractivity contribution in [1.29, 1.82) is 5.26 Å². The summed E-state index contributed by atoms with van der Waals surface area (Å²) in [5, 5.41) is 9.90. The smallest absolute Gasteiger partial charge is 0.236 e. The minimum atomic E-state index is -0.0808. The number of amides is 1. The molecule has 1 aliphatic rings. The number of hydrogen-bond donors (Lipinski definition) is 1. The first kappa shape index (κ1) is 19.9. The molecule has 148 valence electrons. The molecule has 1 fully saturated rings. The molecule has 3 heterocycles. The van der Waals surface area contributed by atoms with E-state index in [1.165, 1.54) is 0 Å². The summed E-state index contributed by atoms with van der Waals surface area (Å²) in [6.07, 6.45) is 10.6. The average molecular weight is 380 g/mol. The van der Waals surface area contributed by atoms with Crippen LogP contribution in [0, 0.1) is 17.2 Å². The summed E-state index contributed by atoms with van der Waals surface area (Å²) >= 11 is 0. The van der Waals surface area contributed by atoms with Crippen LogP contribution in [0.5, 0.6) is 0 Å². The first-order chi connectivity index (χ1) is 13.7. The second kappa shape index (κ2) is 9.36. The fraction of sp³-hybridized carbons (Fsp3) is 0.524. The summed E-state index contributed by atoms with van der Waals surface area (Å²) in [5.74, 6) is 1.26. The van der Waals surface area contributed by atoms with Crippen LogP contribution in [0.25, 0.3) is 11.0 Å². The van der Waals surface area contributed by atoms with Crippen LogP contribution in [0.3, 0.4) is 0 Å². The van der Waals surface area contributed by atoms with Gasteiger partial charge in [-0.05, 0) is 38.2 Å². The van der Waals surface area contributed by atoms with E-state index in [9.17, 15) is 4.79 Å². The second-order valence-corrected chi connectivity index (χ2v) is 7.35. The van der Waals surface area contributed by atoms with Crippen molar-refractivity contribution in [1.82, 2.24) is 19.9 Å². The van der Waals surface area contributed by atoms with Crippen LogP contribution in [0.4, 0.5) is 5.82 Å². The number of carbonyl (C=O) groups excluding carboxylic acids is 1. The van der Waals surface area contributed by atoms with Gasteiger partial charge in [-0.15, -0.1) is 0 Å². The number of nitrogens with zero attached hydrogens (tertiary/aromatic N) is 5. The maximum absolute atomic E-state index is 12.3. The van der Waals surface area contributed by atoms with Crippen molar-refractivity contribution in [3.63, 3.8) is 0 Å². The van der Waals surface area contributed by atoms with Gasteiger partial charge in [0.1, 0.15) is 24.2 Å². The molecule has 1 saturated heterocycles. The molecule has 1 unspecified atom stereocenters. The molecule has 28 heavy (non-hydrogen) atoms. The first-order valence-electron chi connectivity index (χ1n) is 9.96. The molecule has 1 N–H and O–H groups in total. The number of aromatic amines is 1. The molecular weight excluding hydrogens is 352 g/mol. The molecule has 2 aromatic rings. The molecule has 2 atom stereocenters. The van der Waals surface area contributed by atoms with Gasteiger partial charge >= 0.3 is 0 Å². The minimum Gasteiger partial charge on any atom is -0.351 e. The zero-order chi connectivity index (χ0) is 19.9. The van der Waals surface area contributed by atoms with E-state index in [0.717, 1.165) is 42.7 Å². The van der Waals surface area contributed by atoms with Crippen LogP contribution < -0.4 is 4.90 Å². The first-order valence-corrected chi connectivity index (χ1v) is 9.96. The Morgan fingerprint density at radius 2 is 2.36 bits per heavy atom. The Morgan fingerprint density at radius 3 is 3.14 bits per heavy atom. The monoisotopic (exact) mass is 380 g/mol. The Labute approximate surface area is 166 Å². The maximum Gasteiger partial charge on any atom is 0.236 e. The number of allylic oxidation sites excluding steroid dienone is 2. The largest absolute Gasteiger partial charge is 0.351 e. The molecule has 7 nitrogen and oxygen atoms in total. The van der Waals surface area contributed by atoms with E-state index >= 15 is 0 Å². The third-order valence-corrected chi connectivity index (χ3v) is 5.51. The van der Waals surface area contributed by atoms with Crippen molar-refractivity contribution in [2.75, 3.05) is 24.5 Å². The highest BCUT2D eigenvalue weighted by atomic mass is 16.2. The highest BCUT2D eigenvalue weighted by molar-refractivity contribution is 5.87. The number of anilines is 1. The molecule has 0 aliphatic carbocycles. The van der Waals surface area contributed by atoms with E-state index < -0.39 is 0 Å². The van der Waals surface area contributed by atoms with Crippen LogP contribution >= 0.6 is 0 Å². The Bertz CT molecular complexity index is 867. The number of rotatable bonds is 7. The predicted octanol–water partition coefficient (Wildman–Crippen LogP) is 3.27. The number of unbranched alkanes of at least 4 members (excludes halogenated alkanes) is 1. The zero-order valence-electron chi connectivity index (χ0n) is 16.6. The van der Waals surface area contributed by atoms with E-state index in [-0.39, 0.29) is 18.4 Å².